The highest BCUT2D eigenvalue weighted by Gasteiger charge is 2.23. The van der Waals surface area contributed by atoms with E-state index in [0.29, 0.717) is 0 Å². The second-order valence-corrected chi connectivity index (χ2v) is 10.2. The number of hydrogen-bond acceptors (Lipinski definition) is 3. The molecule has 0 saturated heterocycles. The molecule has 0 N–H and O–H groups in total. The molecule has 0 unspecified atom stereocenters. The molecule has 6 aromatic heterocycles. The summed E-state index contributed by atoms with van der Waals surface area (Å²) in [5.74, 6) is 1.03. The topological polar surface area (TPSA) is 53.5 Å². The van der Waals surface area contributed by atoms with Gasteiger partial charge in [-0.15, -0.1) is 0 Å². The van der Waals surface area contributed by atoms with Crippen LogP contribution < -0.4 is 0 Å². The molecule has 6 heterocycles. The highest BCUT2D eigenvalue weighted by atomic mass is 15.2. The Labute approximate surface area is 234 Å². The third-order valence-corrected chi connectivity index (χ3v) is 7.92. The fourth-order valence-corrected chi connectivity index (χ4v) is 6.22. The van der Waals surface area contributed by atoms with E-state index in [4.69, 9.17) is 15.0 Å². The number of rotatable bonds is 3. The Kier molecular flexibility index (Phi) is 4.51. The number of para-hydroxylation sites is 3. The van der Waals surface area contributed by atoms with Crippen LogP contribution in [-0.2, 0) is 0 Å². The molecule has 0 atom stereocenters. The Hall–Kier alpha value is -5.75. The molecule has 41 heavy (non-hydrogen) atoms. The molecular formula is C35H22N6. The van der Waals surface area contributed by atoms with E-state index < -0.39 is 0 Å². The van der Waals surface area contributed by atoms with E-state index in [1.807, 2.05) is 30.6 Å². The lowest BCUT2D eigenvalue weighted by Crippen LogP contribution is -2.04. The molecule has 0 aliphatic heterocycles. The van der Waals surface area contributed by atoms with Gasteiger partial charge in [0, 0.05) is 29.2 Å². The maximum Gasteiger partial charge on any atom is 0.123 e. The Morgan fingerprint density at radius 2 is 0.927 bits per heavy atom. The summed E-state index contributed by atoms with van der Waals surface area (Å²) in [5.41, 5.74) is 10.8. The standard InChI is InChI=1S/C35H22N6/c1-3-12-24(13-4-1)39-27-17-9-19-36-32(27)34-29(39)22-30-35(38-34)33-28(18-10-20-37-33)41(30)31-21-23-11-7-8-16-26(23)40(31)25-14-5-2-6-15-25/h1-22H. The van der Waals surface area contributed by atoms with Crippen molar-refractivity contribution in [3.05, 3.63) is 134 Å². The van der Waals surface area contributed by atoms with Crippen LogP contribution in [0.2, 0.25) is 0 Å². The molecule has 0 aliphatic rings. The molecule has 0 aliphatic carbocycles. The minimum Gasteiger partial charge on any atom is -0.306 e. The predicted molar refractivity (Wildman–Crippen MR) is 165 cm³/mol. The second kappa shape index (κ2) is 8.37. The van der Waals surface area contributed by atoms with Crippen molar-refractivity contribution in [3.8, 4) is 17.2 Å². The van der Waals surface area contributed by atoms with Crippen LogP contribution in [0.15, 0.2) is 134 Å². The van der Waals surface area contributed by atoms with E-state index in [0.717, 1.165) is 66.8 Å². The van der Waals surface area contributed by atoms with E-state index in [-0.39, 0.29) is 0 Å². The quantitative estimate of drug-likeness (QED) is 0.234. The lowest BCUT2D eigenvalue weighted by atomic mass is 10.2. The van der Waals surface area contributed by atoms with Crippen LogP contribution in [0.25, 0.3) is 72.2 Å². The first kappa shape index (κ1) is 22.1. The molecule has 0 amide bonds. The average molecular weight is 527 g/mol. The van der Waals surface area contributed by atoms with Gasteiger partial charge >= 0.3 is 0 Å². The van der Waals surface area contributed by atoms with Crippen molar-refractivity contribution in [1.82, 2.24) is 28.7 Å². The Bertz CT molecular complexity index is 2410. The van der Waals surface area contributed by atoms with Crippen molar-refractivity contribution >= 4 is 55.0 Å². The number of hydrogen-bond donors (Lipinski definition) is 0. The SMILES string of the molecule is c1ccc(-n2c(-n3c4cccnc4c4nc5c6ncccc6n(-c6ccccc6)c5cc43)cc3ccccc32)cc1. The second-order valence-electron chi connectivity index (χ2n) is 10.2. The van der Waals surface area contributed by atoms with Crippen molar-refractivity contribution in [2.45, 2.75) is 0 Å². The zero-order valence-electron chi connectivity index (χ0n) is 21.9. The summed E-state index contributed by atoms with van der Waals surface area (Å²) in [5, 5.41) is 1.17. The van der Waals surface area contributed by atoms with Gasteiger partial charge < -0.3 is 4.57 Å². The number of benzene rings is 3. The van der Waals surface area contributed by atoms with E-state index in [1.54, 1.807) is 0 Å². The Balaban J connectivity index is 1.48. The Morgan fingerprint density at radius 3 is 1.61 bits per heavy atom. The smallest absolute Gasteiger partial charge is 0.123 e. The normalized spacial score (nSPS) is 11.9. The van der Waals surface area contributed by atoms with Crippen LogP contribution in [0, 0.1) is 0 Å². The molecule has 9 rings (SSSR count). The van der Waals surface area contributed by atoms with Crippen LogP contribution in [0.1, 0.15) is 0 Å². The summed E-state index contributed by atoms with van der Waals surface area (Å²) in [6.45, 7) is 0. The highest BCUT2D eigenvalue weighted by Crippen LogP contribution is 2.38. The Morgan fingerprint density at radius 1 is 0.390 bits per heavy atom. The summed E-state index contributed by atoms with van der Waals surface area (Å²) in [6.07, 6.45) is 3.68. The van der Waals surface area contributed by atoms with Gasteiger partial charge in [0.25, 0.3) is 0 Å². The number of pyridine rings is 3. The summed E-state index contributed by atoms with van der Waals surface area (Å²) >= 11 is 0. The van der Waals surface area contributed by atoms with Crippen molar-refractivity contribution in [1.29, 1.82) is 0 Å². The molecule has 6 nitrogen and oxygen atoms in total. The van der Waals surface area contributed by atoms with Gasteiger partial charge in [-0.2, -0.15) is 0 Å². The molecule has 3 aromatic carbocycles. The summed E-state index contributed by atoms with van der Waals surface area (Å²) in [6, 6.07) is 42.2. The van der Waals surface area contributed by atoms with E-state index in [1.165, 1.54) is 5.39 Å². The maximum absolute atomic E-state index is 5.31. The summed E-state index contributed by atoms with van der Waals surface area (Å²) in [7, 11) is 0. The predicted octanol–water partition coefficient (Wildman–Crippen LogP) is 8.01. The number of fused-ring (bicyclic) bond motifs is 7. The fraction of sp³-hybridized carbons (Fsp3) is 0. The summed E-state index contributed by atoms with van der Waals surface area (Å²) in [4.78, 5) is 14.9. The van der Waals surface area contributed by atoms with Gasteiger partial charge in [-0.25, -0.2) is 4.98 Å². The minimum atomic E-state index is 0.857. The molecule has 9 aromatic rings. The van der Waals surface area contributed by atoms with Gasteiger partial charge in [-0.1, -0.05) is 54.6 Å². The first-order valence-corrected chi connectivity index (χ1v) is 13.6. The zero-order valence-corrected chi connectivity index (χ0v) is 21.9. The molecule has 0 bridgehead atoms. The van der Waals surface area contributed by atoms with Crippen molar-refractivity contribution in [2.24, 2.45) is 0 Å². The molecular weight excluding hydrogens is 504 g/mol. The van der Waals surface area contributed by atoms with Crippen LogP contribution in [0.3, 0.4) is 0 Å². The van der Waals surface area contributed by atoms with Crippen molar-refractivity contribution in [2.75, 3.05) is 0 Å². The fourth-order valence-electron chi connectivity index (χ4n) is 6.22. The summed E-state index contributed by atoms with van der Waals surface area (Å²) < 4.78 is 6.88. The van der Waals surface area contributed by atoms with E-state index in [2.05, 4.69) is 117 Å². The van der Waals surface area contributed by atoms with Crippen molar-refractivity contribution in [3.63, 3.8) is 0 Å². The first-order valence-electron chi connectivity index (χ1n) is 13.6. The van der Waals surface area contributed by atoms with E-state index >= 15 is 0 Å². The van der Waals surface area contributed by atoms with Crippen LogP contribution in [-0.4, -0.2) is 28.7 Å². The molecule has 0 radical (unpaired) electrons. The third kappa shape index (κ3) is 3.10. The molecule has 0 fully saturated rings. The van der Waals surface area contributed by atoms with Gasteiger partial charge in [0.05, 0.1) is 27.6 Å². The number of nitrogens with zero attached hydrogens (tertiary/aromatic N) is 6. The molecule has 0 spiro atoms. The minimum absolute atomic E-state index is 0.857. The van der Waals surface area contributed by atoms with Gasteiger partial charge in [-0.3, -0.25) is 19.1 Å². The molecule has 6 heteroatoms. The zero-order chi connectivity index (χ0) is 26.9. The van der Waals surface area contributed by atoms with Crippen LogP contribution >= 0.6 is 0 Å². The highest BCUT2D eigenvalue weighted by molar-refractivity contribution is 6.13. The van der Waals surface area contributed by atoms with Crippen LogP contribution in [0.5, 0.6) is 0 Å². The van der Waals surface area contributed by atoms with Gasteiger partial charge in [0.15, 0.2) is 0 Å². The third-order valence-electron chi connectivity index (χ3n) is 7.92. The van der Waals surface area contributed by atoms with Gasteiger partial charge in [-0.05, 0) is 66.7 Å². The first-order chi connectivity index (χ1) is 20.4. The van der Waals surface area contributed by atoms with Crippen LogP contribution in [0.4, 0.5) is 0 Å². The van der Waals surface area contributed by atoms with Gasteiger partial charge in [0.1, 0.15) is 27.9 Å². The number of aromatic nitrogens is 6. The van der Waals surface area contributed by atoms with Gasteiger partial charge in [0.2, 0.25) is 0 Å². The molecule has 0 saturated carbocycles. The van der Waals surface area contributed by atoms with Crippen molar-refractivity contribution < 1.29 is 0 Å². The monoisotopic (exact) mass is 526 g/mol. The average Bonchev–Trinajstić information content (AvgIpc) is 3.68. The largest absolute Gasteiger partial charge is 0.306 e. The lowest BCUT2D eigenvalue weighted by Gasteiger charge is -2.14. The van der Waals surface area contributed by atoms with E-state index in [9.17, 15) is 0 Å². The lowest BCUT2D eigenvalue weighted by molar-refractivity contribution is 1.000. The maximum atomic E-state index is 5.31. The molecule has 192 valence electrons.